The maximum Gasteiger partial charge on any atom is 0.151 e. The predicted molar refractivity (Wildman–Crippen MR) is 93.6 cm³/mol. The normalized spacial score (nSPS) is 10.8. The Balaban J connectivity index is 2.18. The van der Waals surface area contributed by atoms with Gasteiger partial charge >= 0.3 is 0 Å². The lowest BCUT2D eigenvalue weighted by atomic mass is 10.1. The Morgan fingerprint density at radius 3 is 2.67 bits per heavy atom. The molecule has 0 N–H and O–H groups in total. The number of nitrogens with zero attached hydrogens (tertiary/aromatic N) is 2. The monoisotopic (exact) mass is 360 g/mol. The average Bonchev–Trinajstić information content (AvgIpc) is 2.50. The number of hydrogen-bond acceptors (Lipinski definition) is 2. The average molecular weight is 362 g/mol. The fraction of sp³-hybridized carbons (Fsp3) is 0.118. The second kappa shape index (κ2) is 6.04. The van der Waals surface area contributed by atoms with E-state index >= 15 is 0 Å². The Morgan fingerprint density at radius 2 is 1.90 bits per heavy atom. The van der Waals surface area contributed by atoms with Crippen LogP contribution in [0.15, 0.2) is 59.2 Å². The lowest BCUT2D eigenvalue weighted by molar-refractivity contribution is 0.994. The molecule has 1 aromatic heterocycles. The fourth-order valence-corrected chi connectivity index (χ4v) is 3.22. The van der Waals surface area contributed by atoms with Crippen LogP contribution in [0.25, 0.3) is 10.8 Å². The first kappa shape index (κ1) is 14.4. The van der Waals surface area contributed by atoms with Crippen molar-refractivity contribution in [2.24, 2.45) is 0 Å². The summed E-state index contributed by atoms with van der Waals surface area (Å²) in [5.74, 6) is 0.777. The highest BCUT2D eigenvalue weighted by atomic mass is 79.9. The first-order chi connectivity index (χ1) is 10.2. The summed E-state index contributed by atoms with van der Waals surface area (Å²) >= 11 is 9.77. The van der Waals surface area contributed by atoms with E-state index in [2.05, 4.69) is 69.1 Å². The van der Waals surface area contributed by atoms with E-state index < -0.39 is 0 Å². The van der Waals surface area contributed by atoms with Crippen molar-refractivity contribution in [3.63, 3.8) is 0 Å². The van der Waals surface area contributed by atoms with Gasteiger partial charge < -0.3 is 4.90 Å². The minimum Gasteiger partial charge on any atom is -0.325 e. The van der Waals surface area contributed by atoms with Crippen LogP contribution in [0, 0.1) is 0 Å². The van der Waals surface area contributed by atoms with E-state index in [1.807, 2.05) is 12.1 Å². The van der Waals surface area contributed by atoms with Gasteiger partial charge in [-0.1, -0.05) is 48.0 Å². The molecule has 4 heteroatoms. The van der Waals surface area contributed by atoms with Crippen molar-refractivity contribution in [3.05, 3.63) is 64.2 Å². The highest BCUT2D eigenvalue weighted by molar-refractivity contribution is 9.10. The summed E-state index contributed by atoms with van der Waals surface area (Å²) < 4.78 is 0.880. The van der Waals surface area contributed by atoms with Gasteiger partial charge in [0, 0.05) is 22.6 Å². The fourth-order valence-electron chi connectivity index (χ4n) is 2.48. The highest BCUT2D eigenvalue weighted by Crippen LogP contribution is 2.35. The molecule has 0 fully saturated rings. The number of rotatable bonds is 3. The summed E-state index contributed by atoms with van der Waals surface area (Å²) in [5, 5.41) is 3.04. The van der Waals surface area contributed by atoms with Crippen LogP contribution in [0.5, 0.6) is 0 Å². The Kier molecular flexibility index (Phi) is 4.13. The SMILES string of the molecule is CCN(c1ncc(Br)cc1Cl)c1cccc2ccccc12. The summed E-state index contributed by atoms with van der Waals surface area (Å²) in [4.78, 5) is 6.62. The molecule has 0 aliphatic carbocycles. The summed E-state index contributed by atoms with van der Waals surface area (Å²) in [6.45, 7) is 2.89. The van der Waals surface area contributed by atoms with E-state index in [0.29, 0.717) is 5.02 Å². The Hall–Kier alpha value is -1.58. The molecule has 0 amide bonds. The lowest BCUT2D eigenvalue weighted by Gasteiger charge is -2.24. The molecule has 3 rings (SSSR count). The summed E-state index contributed by atoms with van der Waals surface area (Å²) in [7, 11) is 0. The number of fused-ring (bicyclic) bond motifs is 1. The third kappa shape index (κ3) is 2.76. The number of pyridine rings is 1. The quantitative estimate of drug-likeness (QED) is 0.585. The molecule has 0 atom stereocenters. The van der Waals surface area contributed by atoms with Crippen LogP contribution >= 0.6 is 27.5 Å². The standard InChI is InChI=1S/C17H14BrClN2/c1-2-21(17-15(19)10-13(18)11-20-17)16-9-5-7-12-6-3-4-8-14(12)16/h3-11H,2H2,1H3. The Labute approximate surface area is 137 Å². The van der Waals surface area contributed by atoms with Gasteiger partial charge in [-0.05, 0) is 40.4 Å². The lowest BCUT2D eigenvalue weighted by Crippen LogP contribution is -2.18. The van der Waals surface area contributed by atoms with Gasteiger partial charge in [-0.25, -0.2) is 4.98 Å². The molecule has 0 bridgehead atoms. The third-order valence-electron chi connectivity index (χ3n) is 3.42. The van der Waals surface area contributed by atoms with Crippen LogP contribution in [-0.2, 0) is 0 Å². The number of aromatic nitrogens is 1. The molecule has 0 saturated carbocycles. The van der Waals surface area contributed by atoms with Crippen molar-refractivity contribution >= 4 is 49.8 Å². The van der Waals surface area contributed by atoms with Gasteiger partial charge in [-0.2, -0.15) is 0 Å². The van der Waals surface area contributed by atoms with Gasteiger partial charge in [0.25, 0.3) is 0 Å². The van der Waals surface area contributed by atoms with Gasteiger partial charge in [-0.3, -0.25) is 0 Å². The van der Waals surface area contributed by atoms with Crippen LogP contribution in [0.3, 0.4) is 0 Å². The van der Waals surface area contributed by atoms with E-state index in [0.717, 1.165) is 22.5 Å². The number of hydrogen-bond donors (Lipinski definition) is 0. The first-order valence-corrected chi connectivity index (χ1v) is 7.94. The molecule has 3 aromatic rings. The molecule has 0 unspecified atom stereocenters. The molecule has 0 spiro atoms. The molecule has 0 aliphatic heterocycles. The molecule has 1 heterocycles. The van der Waals surface area contributed by atoms with Crippen molar-refractivity contribution in [2.75, 3.05) is 11.4 Å². The molecule has 2 nitrogen and oxygen atoms in total. The van der Waals surface area contributed by atoms with Crippen LogP contribution in [0.2, 0.25) is 5.02 Å². The maximum absolute atomic E-state index is 6.37. The molecule has 0 saturated heterocycles. The van der Waals surface area contributed by atoms with Gasteiger partial charge in [0.2, 0.25) is 0 Å². The van der Waals surface area contributed by atoms with Crippen LogP contribution in [0.1, 0.15) is 6.92 Å². The van der Waals surface area contributed by atoms with Gasteiger partial charge in [0.1, 0.15) is 0 Å². The van der Waals surface area contributed by atoms with Crippen molar-refractivity contribution in [1.29, 1.82) is 0 Å². The Morgan fingerprint density at radius 1 is 1.14 bits per heavy atom. The second-order valence-corrected chi connectivity index (χ2v) is 6.02. The largest absolute Gasteiger partial charge is 0.325 e. The van der Waals surface area contributed by atoms with Crippen molar-refractivity contribution in [3.8, 4) is 0 Å². The van der Waals surface area contributed by atoms with Crippen LogP contribution < -0.4 is 4.90 Å². The van der Waals surface area contributed by atoms with E-state index in [4.69, 9.17) is 11.6 Å². The zero-order valence-electron chi connectivity index (χ0n) is 11.6. The molecule has 21 heavy (non-hydrogen) atoms. The first-order valence-electron chi connectivity index (χ1n) is 6.77. The van der Waals surface area contributed by atoms with E-state index in [9.17, 15) is 0 Å². The minimum absolute atomic E-state index is 0.638. The van der Waals surface area contributed by atoms with Gasteiger partial charge in [-0.15, -0.1) is 0 Å². The van der Waals surface area contributed by atoms with E-state index in [-0.39, 0.29) is 0 Å². The molecular formula is C17H14BrClN2. The van der Waals surface area contributed by atoms with E-state index in [1.54, 1.807) is 6.20 Å². The Bertz CT molecular complexity index is 783. The molecule has 106 valence electrons. The van der Waals surface area contributed by atoms with Gasteiger partial charge in [0.15, 0.2) is 5.82 Å². The number of benzene rings is 2. The zero-order valence-corrected chi connectivity index (χ0v) is 13.9. The number of anilines is 2. The van der Waals surface area contributed by atoms with Crippen molar-refractivity contribution in [1.82, 2.24) is 4.98 Å². The summed E-state index contributed by atoms with van der Waals surface area (Å²) in [6, 6.07) is 16.5. The van der Waals surface area contributed by atoms with E-state index in [1.165, 1.54) is 10.8 Å². The predicted octanol–water partition coefficient (Wildman–Crippen LogP) is 5.81. The minimum atomic E-state index is 0.638. The summed E-state index contributed by atoms with van der Waals surface area (Å²) in [6.07, 6.45) is 1.77. The smallest absolute Gasteiger partial charge is 0.151 e. The van der Waals surface area contributed by atoms with Gasteiger partial charge in [0.05, 0.1) is 10.7 Å². The maximum atomic E-state index is 6.37. The second-order valence-electron chi connectivity index (χ2n) is 4.70. The van der Waals surface area contributed by atoms with Crippen molar-refractivity contribution in [2.45, 2.75) is 6.92 Å². The molecule has 0 aliphatic rings. The van der Waals surface area contributed by atoms with Crippen molar-refractivity contribution < 1.29 is 0 Å². The topological polar surface area (TPSA) is 16.1 Å². The zero-order chi connectivity index (χ0) is 14.8. The summed E-state index contributed by atoms with van der Waals surface area (Å²) in [5.41, 5.74) is 1.12. The third-order valence-corrected chi connectivity index (χ3v) is 4.13. The highest BCUT2D eigenvalue weighted by Gasteiger charge is 2.15. The molecule has 2 aromatic carbocycles. The van der Waals surface area contributed by atoms with Crippen LogP contribution in [0.4, 0.5) is 11.5 Å². The molecular weight excluding hydrogens is 348 g/mol. The number of halogens is 2. The molecule has 0 radical (unpaired) electrons. The van der Waals surface area contributed by atoms with Crippen LogP contribution in [-0.4, -0.2) is 11.5 Å².